The van der Waals surface area contributed by atoms with Crippen molar-refractivity contribution in [1.29, 1.82) is 0 Å². The second-order valence-corrected chi connectivity index (χ2v) is 9.56. The summed E-state index contributed by atoms with van der Waals surface area (Å²) >= 11 is 5.93. The molecule has 2 aromatic carbocycles. The Hall–Kier alpha value is -1.89. The van der Waals surface area contributed by atoms with Crippen LogP contribution in [0.4, 0.5) is 0 Å². The third-order valence-electron chi connectivity index (χ3n) is 5.10. The maximum atomic E-state index is 13.5. The van der Waals surface area contributed by atoms with Gasteiger partial charge < -0.3 is 5.32 Å². The van der Waals surface area contributed by atoms with Crippen molar-refractivity contribution < 1.29 is 13.2 Å². The number of hydrogen-bond donors (Lipinski definition) is 1. The van der Waals surface area contributed by atoms with Gasteiger partial charge in [-0.25, -0.2) is 8.42 Å². The van der Waals surface area contributed by atoms with Crippen LogP contribution in [-0.4, -0.2) is 31.2 Å². The first kappa shape index (κ1) is 20.8. The molecular weight excluding hydrogens is 396 g/mol. The average molecular weight is 421 g/mol. The number of hydrogen-bond acceptors (Lipinski definition) is 3. The topological polar surface area (TPSA) is 66.5 Å². The highest BCUT2D eigenvalue weighted by Crippen LogP contribution is 2.27. The first-order valence-corrected chi connectivity index (χ1v) is 11.2. The van der Waals surface area contributed by atoms with Crippen molar-refractivity contribution in [2.75, 3.05) is 6.54 Å². The van der Waals surface area contributed by atoms with Gasteiger partial charge in [0.25, 0.3) is 0 Å². The summed E-state index contributed by atoms with van der Waals surface area (Å²) < 4.78 is 28.4. The molecule has 1 N–H and O–H groups in total. The molecule has 1 saturated heterocycles. The van der Waals surface area contributed by atoms with Crippen molar-refractivity contribution in [2.24, 2.45) is 0 Å². The van der Waals surface area contributed by atoms with Crippen LogP contribution < -0.4 is 5.32 Å². The quantitative estimate of drug-likeness (QED) is 0.799. The molecule has 1 fully saturated rings. The van der Waals surface area contributed by atoms with Crippen LogP contribution in [-0.2, 0) is 21.4 Å². The van der Waals surface area contributed by atoms with E-state index in [4.69, 9.17) is 11.6 Å². The summed E-state index contributed by atoms with van der Waals surface area (Å²) in [4.78, 5) is 12.8. The molecule has 1 unspecified atom stereocenters. The van der Waals surface area contributed by atoms with E-state index in [-0.39, 0.29) is 17.3 Å². The van der Waals surface area contributed by atoms with Crippen LogP contribution >= 0.6 is 11.6 Å². The summed E-state index contributed by atoms with van der Waals surface area (Å²) in [5.74, 6) is -0.236. The van der Waals surface area contributed by atoms with E-state index in [1.54, 1.807) is 12.1 Å². The van der Waals surface area contributed by atoms with E-state index in [9.17, 15) is 13.2 Å². The molecule has 5 nitrogen and oxygen atoms in total. The summed E-state index contributed by atoms with van der Waals surface area (Å²) in [6.45, 7) is 4.65. The van der Waals surface area contributed by atoms with Crippen molar-refractivity contribution >= 4 is 27.5 Å². The Morgan fingerprint density at radius 3 is 2.54 bits per heavy atom. The lowest BCUT2D eigenvalue weighted by Crippen LogP contribution is -2.48. The molecule has 7 heteroatoms. The summed E-state index contributed by atoms with van der Waals surface area (Å²) in [6.07, 6.45) is 2.15. The third-order valence-corrected chi connectivity index (χ3v) is 7.23. The molecule has 28 heavy (non-hydrogen) atoms. The summed E-state index contributed by atoms with van der Waals surface area (Å²) in [5, 5.41) is 3.32. The zero-order chi connectivity index (χ0) is 20.3. The molecule has 1 aliphatic heterocycles. The number of rotatable bonds is 5. The molecule has 2 aromatic rings. The van der Waals surface area contributed by atoms with Gasteiger partial charge in [0.2, 0.25) is 15.9 Å². The fourth-order valence-corrected chi connectivity index (χ4v) is 5.16. The fraction of sp³-hybridized carbons (Fsp3) is 0.381. The minimum atomic E-state index is -3.88. The van der Waals surface area contributed by atoms with Crippen LogP contribution in [0.1, 0.15) is 36.0 Å². The number of halogens is 1. The van der Waals surface area contributed by atoms with Crippen molar-refractivity contribution in [3.63, 3.8) is 0 Å². The van der Waals surface area contributed by atoms with E-state index in [0.29, 0.717) is 18.0 Å². The zero-order valence-electron chi connectivity index (χ0n) is 16.1. The van der Waals surface area contributed by atoms with Crippen molar-refractivity contribution in [1.82, 2.24) is 9.62 Å². The lowest BCUT2D eigenvalue weighted by molar-refractivity contribution is -0.124. The number of amides is 1. The third kappa shape index (κ3) is 4.57. The van der Waals surface area contributed by atoms with Crippen LogP contribution in [0.5, 0.6) is 0 Å². The van der Waals surface area contributed by atoms with Crippen LogP contribution in [0.15, 0.2) is 47.4 Å². The Morgan fingerprint density at radius 1 is 1.11 bits per heavy atom. The monoisotopic (exact) mass is 420 g/mol. The summed E-state index contributed by atoms with van der Waals surface area (Å²) in [6, 6.07) is 11.3. The standard InChI is InChI=1S/C21H25ClN2O3S/c1-15-6-7-16(2)17(13-15)14-24(20-5-3-4-12-23-21(20)25)28(26,27)19-10-8-18(22)9-11-19/h6-11,13,20H,3-5,12,14H2,1-2H3,(H,23,25). The Morgan fingerprint density at radius 2 is 1.82 bits per heavy atom. The molecule has 150 valence electrons. The highest BCUT2D eigenvalue weighted by Gasteiger charge is 2.36. The second-order valence-electron chi connectivity index (χ2n) is 7.24. The van der Waals surface area contributed by atoms with Crippen molar-refractivity contribution in [3.8, 4) is 0 Å². The number of carbonyl (C=O) groups is 1. The maximum Gasteiger partial charge on any atom is 0.244 e. The van der Waals surface area contributed by atoms with E-state index in [1.165, 1.54) is 16.4 Å². The molecular formula is C21H25ClN2O3S. The first-order valence-electron chi connectivity index (χ1n) is 9.40. The molecule has 1 atom stereocenters. The van der Waals surface area contributed by atoms with Gasteiger partial charge in [-0.1, -0.05) is 35.4 Å². The molecule has 1 amide bonds. The van der Waals surface area contributed by atoms with Crippen LogP contribution in [0.2, 0.25) is 5.02 Å². The highest BCUT2D eigenvalue weighted by atomic mass is 35.5. The van der Waals surface area contributed by atoms with Crippen molar-refractivity contribution in [2.45, 2.75) is 50.6 Å². The van der Waals surface area contributed by atoms with E-state index >= 15 is 0 Å². The number of benzene rings is 2. The Labute approximate surface area is 171 Å². The lowest BCUT2D eigenvalue weighted by Gasteiger charge is -2.30. The fourth-order valence-electron chi connectivity index (χ4n) is 3.44. The van der Waals surface area contributed by atoms with Gasteiger partial charge in [-0.15, -0.1) is 0 Å². The number of carbonyl (C=O) groups excluding carboxylic acids is 1. The average Bonchev–Trinajstić information content (AvgIpc) is 2.87. The largest absolute Gasteiger partial charge is 0.355 e. The van der Waals surface area contributed by atoms with Crippen LogP contribution in [0.25, 0.3) is 0 Å². The molecule has 1 aliphatic rings. The number of nitrogens with zero attached hydrogens (tertiary/aromatic N) is 1. The SMILES string of the molecule is Cc1ccc(C)c(CN(C2CCCCNC2=O)S(=O)(=O)c2ccc(Cl)cc2)c1. The molecule has 3 rings (SSSR count). The molecule has 0 radical (unpaired) electrons. The van der Waals surface area contributed by atoms with Crippen LogP contribution in [0.3, 0.4) is 0 Å². The van der Waals surface area contributed by atoms with Crippen LogP contribution in [0, 0.1) is 13.8 Å². The van der Waals surface area contributed by atoms with Gasteiger partial charge in [0.1, 0.15) is 6.04 Å². The highest BCUT2D eigenvalue weighted by molar-refractivity contribution is 7.89. The molecule has 0 bridgehead atoms. The van der Waals surface area contributed by atoms with Crippen molar-refractivity contribution in [3.05, 3.63) is 64.2 Å². The number of nitrogens with one attached hydrogen (secondary N) is 1. The van der Waals surface area contributed by atoms with E-state index < -0.39 is 16.1 Å². The predicted octanol–water partition coefficient (Wildman–Crippen LogP) is 3.82. The Kier molecular flexibility index (Phi) is 6.43. The first-order chi connectivity index (χ1) is 13.3. The molecule has 0 spiro atoms. The van der Waals surface area contributed by atoms with E-state index in [1.807, 2.05) is 32.0 Å². The van der Waals surface area contributed by atoms with Gasteiger partial charge >= 0.3 is 0 Å². The molecule has 1 heterocycles. The zero-order valence-corrected chi connectivity index (χ0v) is 17.7. The number of aryl methyl sites for hydroxylation is 2. The molecule has 0 aromatic heterocycles. The summed E-state index contributed by atoms with van der Waals surface area (Å²) in [5.41, 5.74) is 2.94. The summed E-state index contributed by atoms with van der Waals surface area (Å²) in [7, 11) is -3.88. The Bertz CT molecular complexity index is 958. The van der Waals surface area contributed by atoms with Gasteiger partial charge in [-0.2, -0.15) is 4.31 Å². The van der Waals surface area contributed by atoms with Gasteiger partial charge in [0.15, 0.2) is 0 Å². The van der Waals surface area contributed by atoms with E-state index in [0.717, 1.165) is 29.5 Å². The molecule has 0 aliphatic carbocycles. The van der Waals surface area contributed by atoms with Gasteiger partial charge in [-0.3, -0.25) is 4.79 Å². The maximum absolute atomic E-state index is 13.5. The normalized spacial score (nSPS) is 18.0. The lowest BCUT2D eigenvalue weighted by atomic mass is 10.0. The smallest absolute Gasteiger partial charge is 0.244 e. The number of sulfonamides is 1. The van der Waals surface area contributed by atoms with E-state index in [2.05, 4.69) is 5.32 Å². The Balaban J connectivity index is 2.06. The minimum Gasteiger partial charge on any atom is -0.355 e. The van der Waals surface area contributed by atoms with Gasteiger partial charge in [0.05, 0.1) is 4.90 Å². The van der Waals surface area contributed by atoms with Gasteiger partial charge in [-0.05, 0) is 68.5 Å². The minimum absolute atomic E-state index is 0.138. The second kappa shape index (κ2) is 8.64. The molecule has 0 saturated carbocycles. The predicted molar refractivity (Wildman–Crippen MR) is 111 cm³/mol. The van der Waals surface area contributed by atoms with Gasteiger partial charge in [0, 0.05) is 18.1 Å².